The normalized spacial score (nSPS) is 25.6. The van der Waals surface area contributed by atoms with E-state index in [0.29, 0.717) is 23.8 Å². The third-order valence-corrected chi connectivity index (χ3v) is 3.83. The van der Waals surface area contributed by atoms with Gasteiger partial charge in [-0.3, -0.25) is 4.79 Å². The van der Waals surface area contributed by atoms with Crippen molar-refractivity contribution in [3.63, 3.8) is 0 Å². The Balaban J connectivity index is 2.51. The van der Waals surface area contributed by atoms with Crippen molar-refractivity contribution in [1.29, 1.82) is 0 Å². The summed E-state index contributed by atoms with van der Waals surface area (Å²) in [6.45, 7) is 7.62. The molecule has 0 bridgehead atoms. The van der Waals surface area contributed by atoms with Crippen molar-refractivity contribution in [1.82, 2.24) is 10.6 Å². The van der Waals surface area contributed by atoms with Gasteiger partial charge in [0.15, 0.2) is 0 Å². The topological polar surface area (TPSA) is 41.1 Å². The van der Waals surface area contributed by atoms with Gasteiger partial charge in [0.25, 0.3) is 0 Å². The zero-order valence-electron chi connectivity index (χ0n) is 11.8. The van der Waals surface area contributed by atoms with Crippen LogP contribution in [0.2, 0.25) is 0 Å². The highest BCUT2D eigenvalue weighted by atomic mass is 16.1. The molecule has 0 saturated heterocycles. The maximum absolute atomic E-state index is 11.8. The fraction of sp³-hybridized carbons (Fsp3) is 0.929. The predicted molar refractivity (Wildman–Crippen MR) is 71.9 cm³/mol. The van der Waals surface area contributed by atoms with Crippen LogP contribution in [-0.4, -0.2) is 25.5 Å². The molecule has 3 heteroatoms. The van der Waals surface area contributed by atoms with Crippen LogP contribution in [0.1, 0.15) is 52.9 Å². The maximum Gasteiger partial charge on any atom is 0.221 e. The Kier molecular flexibility index (Phi) is 5.44. The molecular weight excluding hydrogens is 212 g/mol. The van der Waals surface area contributed by atoms with E-state index in [1.54, 1.807) is 0 Å². The highest BCUT2D eigenvalue weighted by Gasteiger charge is 2.34. The second-order valence-electron chi connectivity index (χ2n) is 6.28. The van der Waals surface area contributed by atoms with E-state index in [9.17, 15) is 4.79 Å². The summed E-state index contributed by atoms with van der Waals surface area (Å²) in [5, 5.41) is 6.25. The summed E-state index contributed by atoms with van der Waals surface area (Å²) in [5.41, 5.74) is 0.293. The number of carbonyl (C=O) groups excluding carboxylic acids is 1. The fourth-order valence-corrected chi connectivity index (χ4v) is 2.86. The van der Waals surface area contributed by atoms with Crippen LogP contribution in [0, 0.1) is 11.3 Å². The average molecular weight is 240 g/mol. The van der Waals surface area contributed by atoms with Crippen molar-refractivity contribution < 1.29 is 4.79 Å². The van der Waals surface area contributed by atoms with Gasteiger partial charge in [-0.2, -0.15) is 0 Å². The van der Waals surface area contributed by atoms with Crippen molar-refractivity contribution in [3.05, 3.63) is 0 Å². The predicted octanol–water partition coefficient (Wildman–Crippen LogP) is 2.32. The first-order valence-electron chi connectivity index (χ1n) is 6.89. The number of amides is 1. The highest BCUT2D eigenvalue weighted by molar-refractivity contribution is 5.76. The van der Waals surface area contributed by atoms with E-state index >= 15 is 0 Å². The molecule has 0 radical (unpaired) electrons. The zero-order valence-corrected chi connectivity index (χ0v) is 11.8. The molecule has 100 valence electrons. The molecule has 0 aliphatic heterocycles. The lowest BCUT2D eigenvalue weighted by Crippen LogP contribution is -2.47. The SMILES string of the molecule is CNCCC(=O)NC1CCCCC1C(C)(C)C. The van der Waals surface area contributed by atoms with Crippen LogP contribution in [0.5, 0.6) is 0 Å². The number of hydrogen-bond acceptors (Lipinski definition) is 2. The summed E-state index contributed by atoms with van der Waals surface area (Å²) in [6.07, 6.45) is 5.55. The molecule has 2 atom stereocenters. The van der Waals surface area contributed by atoms with Crippen LogP contribution < -0.4 is 10.6 Å². The molecule has 0 aromatic rings. The summed E-state index contributed by atoms with van der Waals surface area (Å²) in [4.78, 5) is 11.8. The lowest BCUT2D eigenvalue weighted by molar-refractivity contribution is -0.122. The van der Waals surface area contributed by atoms with Crippen LogP contribution in [0.4, 0.5) is 0 Å². The average Bonchev–Trinajstić information content (AvgIpc) is 2.25. The molecule has 0 heterocycles. The molecule has 17 heavy (non-hydrogen) atoms. The van der Waals surface area contributed by atoms with E-state index < -0.39 is 0 Å². The van der Waals surface area contributed by atoms with Gasteiger partial charge in [-0.25, -0.2) is 0 Å². The molecule has 1 amide bonds. The number of hydrogen-bond donors (Lipinski definition) is 2. The smallest absolute Gasteiger partial charge is 0.221 e. The maximum atomic E-state index is 11.8. The summed E-state index contributed by atoms with van der Waals surface area (Å²) < 4.78 is 0. The van der Waals surface area contributed by atoms with Crippen LogP contribution in [-0.2, 0) is 4.79 Å². The van der Waals surface area contributed by atoms with E-state index in [1.165, 1.54) is 19.3 Å². The second-order valence-corrected chi connectivity index (χ2v) is 6.28. The van der Waals surface area contributed by atoms with Gasteiger partial charge in [0.1, 0.15) is 0 Å². The third kappa shape index (κ3) is 4.66. The van der Waals surface area contributed by atoms with Crippen LogP contribution in [0.3, 0.4) is 0 Å². The Morgan fingerprint density at radius 2 is 1.88 bits per heavy atom. The molecule has 1 aliphatic rings. The molecule has 0 aromatic heterocycles. The first-order chi connectivity index (χ1) is 7.95. The molecule has 1 fully saturated rings. The summed E-state index contributed by atoms with van der Waals surface area (Å²) in [5.74, 6) is 0.815. The summed E-state index contributed by atoms with van der Waals surface area (Å²) >= 11 is 0. The lowest BCUT2D eigenvalue weighted by Gasteiger charge is -2.40. The van der Waals surface area contributed by atoms with E-state index in [-0.39, 0.29) is 5.91 Å². The minimum atomic E-state index is 0.195. The van der Waals surface area contributed by atoms with Crippen LogP contribution >= 0.6 is 0 Å². The van der Waals surface area contributed by atoms with E-state index in [0.717, 1.165) is 13.0 Å². The van der Waals surface area contributed by atoms with Crippen LogP contribution in [0.25, 0.3) is 0 Å². The number of nitrogens with one attached hydrogen (secondary N) is 2. The lowest BCUT2D eigenvalue weighted by atomic mass is 9.69. The van der Waals surface area contributed by atoms with Gasteiger partial charge >= 0.3 is 0 Å². The monoisotopic (exact) mass is 240 g/mol. The molecule has 1 aliphatic carbocycles. The zero-order chi connectivity index (χ0) is 12.9. The Hall–Kier alpha value is -0.570. The molecule has 2 N–H and O–H groups in total. The first kappa shape index (κ1) is 14.5. The van der Waals surface area contributed by atoms with Crippen LogP contribution in [0.15, 0.2) is 0 Å². The van der Waals surface area contributed by atoms with Crippen molar-refractivity contribution in [2.24, 2.45) is 11.3 Å². The summed E-state index contributed by atoms with van der Waals surface area (Å²) in [7, 11) is 1.88. The minimum absolute atomic E-state index is 0.195. The highest BCUT2D eigenvalue weighted by Crippen LogP contribution is 2.37. The third-order valence-electron chi connectivity index (χ3n) is 3.83. The Bertz CT molecular complexity index is 245. The molecule has 2 unspecified atom stereocenters. The van der Waals surface area contributed by atoms with E-state index in [1.807, 2.05) is 7.05 Å². The van der Waals surface area contributed by atoms with Gasteiger partial charge in [0, 0.05) is 19.0 Å². The number of rotatable bonds is 4. The quantitative estimate of drug-likeness (QED) is 0.792. The second kappa shape index (κ2) is 6.39. The van der Waals surface area contributed by atoms with Gasteiger partial charge in [0.2, 0.25) is 5.91 Å². The minimum Gasteiger partial charge on any atom is -0.353 e. The van der Waals surface area contributed by atoms with Crippen molar-refractivity contribution in [3.8, 4) is 0 Å². The van der Waals surface area contributed by atoms with Gasteiger partial charge in [-0.1, -0.05) is 33.6 Å². The number of carbonyl (C=O) groups is 1. The van der Waals surface area contributed by atoms with Crippen molar-refractivity contribution in [2.75, 3.05) is 13.6 Å². The van der Waals surface area contributed by atoms with Crippen molar-refractivity contribution in [2.45, 2.75) is 58.9 Å². The largest absolute Gasteiger partial charge is 0.353 e. The molecule has 1 rings (SSSR count). The van der Waals surface area contributed by atoms with E-state index in [2.05, 4.69) is 31.4 Å². The van der Waals surface area contributed by atoms with Gasteiger partial charge in [-0.05, 0) is 31.2 Å². The van der Waals surface area contributed by atoms with Crippen molar-refractivity contribution >= 4 is 5.91 Å². The Morgan fingerprint density at radius 3 is 2.47 bits per heavy atom. The standard InChI is InChI=1S/C14H28N2O/c1-14(2,3)11-7-5-6-8-12(11)16-13(17)9-10-15-4/h11-12,15H,5-10H2,1-4H3,(H,16,17). The Morgan fingerprint density at radius 1 is 1.24 bits per heavy atom. The molecule has 1 saturated carbocycles. The first-order valence-corrected chi connectivity index (χ1v) is 6.89. The molecule has 0 spiro atoms. The van der Waals surface area contributed by atoms with Gasteiger partial charge < -0.3 is 10.6 Å². The van der Waals surface area contributed by atoms with Gasteiger partial charge in [-0.15, -0.1) is 0 Å². The molecule has 3 nitrogen and oxygen atoms in total. The van der Waals surface area contributed by atoms with E-state index in [4.69, 9.17) is 0 Å². The Labute approximate surface area is 106 Å². The summed E-state index contributed by atoms with van der Waals surface area (Å²) in [6, 6.07) is 0.383. The van der Waals surface area contributed by atoms with Gasteiger partial charge in [0.05, 0.1) is 0 Å². The molecule has 0 aromatic carbocycles. The molecular formula is C14H28N2O. The fourth-order valence-electron chi connectivity index (χ4n) is 2.86.